The fourth-order valence-corrected chi connectivity index (χ4v) is 2.61. The SMILES string of the molecule is Cc1nc(NCCN2CCOCC2)cc(Nc2ccc(F)c(F)c2)n1. The first-order valence-corrected chi connectivity index (χ1v) is 8.22. The minimum Gasteiger partial charge on any atom is -0.379 e. The van der Waals surface area contributed by atoms with Crippen LogP contribution in [0.3, 0.4) is 0 Å². The number of nitrogens with one attached hydrogen (secondary N) is 2. The fraction of sp³-hybridized carbons (Fsp3) is 0.412. The molecule has 0 amide bonds. The van der Waals surface area contributed by atoms with Gasteiger partial charge >= 0.3 is 0 Å². The predicted molar refractivity (Wildman–Crippen MR) is 92.2 cm³/mol. The standard InChI is InChI=1S/C17H21F2N5O/c1-12-21-16(20-4-5-24-6-8-25-9-7-24)11-17(22-12)23-13-2-3-14(18)15(19)10-13/h2-3,10-11H,4-9H2,1H3,(H2,20,21,22,23). The molecule has 0 bridgehead atoms. The highest BCUT2D eigenvalue weighted by atomic mass is 19.2. The van der Waals surface area contributed by atoms with Crippen LogP contribution in [0, 0.1) is 18.6 Å². The topological polar surface area (TPSA) is 62.3 Å². The van der Waals surface area contributed by atoms with Gasteiger partial charge in [0.1, 0.15) is 17.5 Å². The van der Waals surface area contributed by atoms with Crippen molar-refractivity contribution in [3.63, 3.8) is 0 Å². The molecule has 25 heavy (non-hydrogen) atoms. The lowest BCUT2D eigenvalue weighted by molar-refractivity contribution is 0.0398. The molecule has 6 nitrogen and oxygen atoms in total. The fourth-order valence-electron chi connectivity index (χ4n) is 2.61. The van der Waals surface area contributed by atoms with Crippen LogP contribution in [0.25, 0.3) is 0 Å². The van der Waals surface area contributed by atoms with E-state index in [9.17, 15) is 8.78 Å². The Labute approximate surface area is 145 Å². The summed E-state index contributed by atoms with van der Waals surface area (Å²) in [6.45, 7) is 6.85. The van der Waals surface area contributed by atoms with Gasteiger partial charge < -0.3 is 15.4 Å². The van der Waals surface area contributed by atoms with E-state index < -0.39 is 11.6 Å². The van der Waals surface area contributed by atoms with Crippen molar-refractivity contribution in [2.45, 2.75) is 6.92 Å². The maximum atomic E-state index is 13.3. The molecule has 0 atom stereocenters. The zero-order valence-corrected chi connectivity index (χ0v) is 14.1. The molecule has 2 N–H and O–H groups in total. The first-order valence-electron chi connectivity index (χ1n) is 8.22. The maximum Gasteiger partial charge on any atom is 0.160 e. The largest absolute Gasteiger partial charge is 0.379 e. The van der Waals surface area contributed by atoms with Gasteiger partial charge in [-0.25, -0.2) is 18.7 Å². The summed E-state index contributed by atoms with van der Waals surface area (Å²) in [4.78, 5) is 10.9. The number of morpholine rings is 1. The zero-order valence-electron chi connectivity index (χ0n) is 14.1. The number of rotatable bonds is 6. The molecule has 0 aliphatic carbocycles. The second-order valence-electron chi connectivity index (χ2n) is 5.82. The number of benzene rings is 1. The molecule has 0 spiro atoms. The second-order valence-corrected chi connectivity index (χ2v) is 5.82. The number of ether oxygens (including phenoxy) is 1. The van der Waals surface area contributed by atoms with Crippen molar-refractivity contribution in [3.05, 3.63) is 41.7 Å². The van der Waals surface area contributed by atoms with Crippen LogP contribution >= 0.6 is 0 Å². The molecule has 134 valence electrons. The number of anilines is 3. The zero-order chi connectivity index (χ0) is 17.6. The summed E-state index contributed by atoms with van der Waals surface area (Å²) < 4.78 is 31.6. The minimum absolute atomic E-state index is 0.427. The molecule has 1 aromatic heterocycles. The summed E-state index contributed by atoms with van der Waals surface area (Å²) in [5.74, 6) is 0.00852. The molecule has 1 aromatic carbocycles. The number of halogens is 2. The highest BCUT2D eigenvalue weighted by molar-refractivity contribution is 5.59. The molecular formula is C17H21F2N5O. The van der Waals surface area contributed by atoms with E-state index in [1.165, 1.54) is 6.07 Å². The second kappa shape index (κ2) is 8.17. The van der Waals surface area contributed by atoms with E-state index in [0.29, 0.717) is 23.1 Å². The van der Waals surface area contributed by atoms with Crippen molar-refractivity contribution in [3.8, 4) is 0 Å². The summed E-state index contributed by atoms with van der Waals surface area (Å²) in [6.07, 6.45) is 0. The van der Waals surface area contributed by atoms with Crippen molar-refractivity contribution in [1.82, 2.24) is 14.9 Å². The summed E-state index contributed by atoms with van der Waals surface area (Å²) in [5, 5.41) is 6.24. The monoisotopic (exact) mass is 349 g/mol. The Morgan fingerprint density at radius 3 is 2.60 bits per heavy atom. The van der Waals surface area contributed by atoms with E-state index in [0.717, 1.165) is 51.5 Å². The van der Waals surface area contributed by atoms with E-state index in [1.807, 2.05) is 0 Å². The summed E-state index contributed by atoms with van der Waals surface area (Å²) in [6, 6.07) is 5.38. The van der Waals surface area contributed by atoms with Crippen LogP contribution in [0.4, 0.5) is 26.1 Å². The molecule has 8 heteroatoms. The molecule has 2 heterocycles. The van der Waals surface area contributed by atoms with Crippen LogP contribution in [0.2, 0.25) is 0 Å². The Bertz CT molecular complexity index is 722. The number of nitrogens with zero attached hydrogens (tertiary/aromatic N) is 3. The average Bonchev–Trinajstić information content (AvgIpc) is 2.59. The van der Waals surface area contributed by atoms with E-state index in [2.05, 4.69) is 25.5 Å². The molecule has 1 saturated heterocycles. The van der Waals surface area contributed by atoms with Gasteiger partial charge in [0.2, 0.25) is 0 Å². The molecule has 1 aliphatic rings. The van der Waals surface area contributed by atoms with Gasteiger partial charge in [-0.05, 0) is 19.1 Å². The average molecular weight is 349 g/mol. The lowest BCUT2D eigenvalue weighted by atomic mass is 10.3. The summed E-state index contributed by atoms with van der Waals surface area (Å²) >= 11 is 0. The van der Waals surface area contributed by atoms with Crippen LogP contribution in [0.15, 0.2) is 24.3 Å². The predicted octanol–water partition coefficient (Wildman–Crippen LogP) is 2.55. The maximum absolute atomic E-state index is 13.3. The highest BCUT2D eigenvalue weighted by Crippen LogP contribution is 2.19. The van der Waals surface area contributed by atoms with Crippen LogP contribution in [0.5, 0.6) is 0 Å². The Morgan fingerprint density at radius 1 is 1.08 bits per heavy atom. The molecular weight excluding hydrogens is 328 g/mol. The van der Waals surface area contributed by atoms with Crippen LogP contribution in [0.1, 0.15) is 5.82 Å². The van der Waals surface area contributed by atoms with Crippen molar-refractivity contribution >= 4 is 17.3 Å². The number of aromatic nitrogens is 2. The number of aryl methyl sites for hydroxylation is 1. The van der Waals surface area contributed by atoms with E-state index in [4.69, 9.17) is 4.74 Å². The molecule has 0 unspecified atom stereocenters. The lowest BCUT2D eigenvalue weighted by Crippen LogP contribution is -2.39. The Hall–Kier alpha value is -2.32. The summed E-state index contributed by atoms with van der Waals surface area (Å²) in [7, 11) is 0. The Balaban J connectivity index is 1.60. The number of hydrogen-bond acceptors (Lipinski definition) is 6. The van der Waals surface area contributed by atoms with Crippen LogP contribution in [-0.4, -0.2) is 54.3 Å². The van der Waals surface area contributed by atoms with Gasteiger partial charge in [0.05, 0.1) is 13.2 Å². The van der Waals surface area contributed by atoms with Crippen LogP contribution < -0.4 is 10.6 Å². The molecule has 2 aromatic rings. The van der Waals surface area contributed by atoms with E-state index in [-0.39, 0.29) is 0 Å². The van der Waals surface area contributed by atoms with Gasteiger partial charge in [-0.3, -0.25) is 4.90 Å². The first-order chi connectivity index (χ1) is 12.1. The smallest absolute Gasteiger partial charge is 0.160 e. The molecule has 0 saturated carbocycles. The van der Waals surface area contributed by atoms with Crippen LogP contribution in [-0.2, 0) is 4.74 Å². The van der Waals surface area contributed by atoms with Gasteiger partial charge in [0.25, 0.3) is 0 Å². The third-order valence-corrected chi connectivity index (χ3v) is 3.87. The van der Waals surface area contributed by atoms with E-state index in [1.54, 1.807) is 13.0 Å². The first kappa shape index (κ1) is 17.5. The van der Waals surface area contributed by atoms with Gasteiger partial charge in [0.15, 0.2) is 11.6 Å². The van der Waals surface area contributed by atoms with Gasteiger partial charge in [-0.2, -0.15) is 0 Å². The molecule has 1 aliphatic heterocycles. The van der Waals surface area contributed by atoms with Crippen molar-refractivity contribution in [2.75, 3.05) is 50.0 Å². The van der Waals surface area contributed by atoms with Crippen molar-refractivity contribution in [2.24, 2.45) is 0 Å². The lowest BCUT2D eigenvalue weighted by Gasteiger charge is -2.26. The normalized spacial score (nSPS) is 15.2. The Morgan fingerprint density at radius 2 is 1.84 bits per heavy atom. The van der Waals surface area contributed by atoms with Crippen molar-refractivity contribution in [1.29, 1.82) is 0 Å². The quantitative estimate of drug-likeness (QED) is 0.836. The van der Waals surface area contributed by atoms with Gasteiger partial charge in [0, 0.05) is 44.0 Å². The van der Waals surface area contributed by atoms with E-state index >= 15 is 0 Å². The third-order valence-electron chi connectivity index (χ3n) is 3.87. The molecule has 3 rings (SSSR count). The van der Waals surface area contributed by atoms with Gasteiger partial charge in [-0.15, -0.1) is 0 Å². The highest BCUT2D eigenvalue weighted by Gasteiger charge is 2.10. The van der Waals surface area contributed by atoms with Gasteiger partial charge in [-0.1, -0.05) is 0 Å². The molecule has 1 fully saturated rings. The molecule has 0 radical (unpaired) electrons. The minimum atomic E-state index is -0.903. The third kappa shape index (κ3) is 5.07. The number of hydrogen-bond donors (Lipinski definition) is 2. The summed E-state index contributed by atoms with van der Waals surface area (Å²) in [5.41, 5.74) is 0.427. The van der Waals surface area contributed by atoms with Crippen molar-refractivity contribution < 1.29 is 13.5 Å². The Kier molecular flexibility index (Phi) is 5.72.